The Morgan fingerprint density at radius 1 is 1.20 bits per heavy atom. The van der Waals surface area contributed by atoms with Crippen molar-refractivity contribution in [1.29, 1.82) is 0 Å². The number of ether oxygens (including phenoxy) is 1. The minimum atomic E-state index is -2.69. The minimum Gasteiger partial charge on any atom is -0.491 e. The molecule has 0 aromatic carbocycles. The third-order valence-electron chi connectivity index (χ3n) is 2.35. The molecular weight excluding hydrogens is 212 g/mol. The Labute approximate surface area is 93.5 Å². The molecule has 0 heterocycles. The standard InChI is InChI=1S/C10H22O4Si/c1-7-9(3)14-10(8-2)15(11-4,12-5)13-6/h7,10H,8H2,1-6H3/b9-7-. The van der Waals surface area contributed by atoms with E-state index >= 15 is 0 Å². The van der Waals surface area contributed by atoms with Gasteiger partial charge in [-0.1, -0.05) is 13.0 Å². The van der Waals surface area contributed by atoms with Gasteiger partial charge < -0.3 is 18.0 Å². The van der Waals surface area contributed by atoms with Crippen LogP contribution in [0.3, 0.4) is 0 Å². The van der Waals surface area contributed by atoms with Crippen LogP contribution in [-0.2, 0) is 18.0 Å². The predicted molar refractivity (Wildman–Crippen MR) is 61.4 cm³/mol. The first-order chi connectivity index (χ1) is 7.10. The van der Waals surface area contributed by atoms with Crippen molar-refractivity contribution in [2.24, 2.45) is 0 Å². The summed E-state index contributed by atoms with van der Waals surface area (Å²) in [7, 11) is 2.09. The lowest BCUT2D eigenvalue weighted by atomic mass is 10.5. The van der Waals surface area contributed by atoms with Crippen molar-refractivity contribution in [1.82, 2.24) is 0 Å². The van der Waals surface area contributed by atoms with Crippen LogP contribution in [0.4, 0.5) is 0 Å². The normalized spacial score (nSPS) is 15.2. The van der Waals surface area contributed by atoms with Gasteiger partial charge in [0.05, 0.1) is 5.76 Å². The Bertz CT molecular complexity index is 193. The number of rotatable bonds is 7. The molecule has 0 aromatic heterocycles. The molecule has 0 rings (SSSR count). The fourth-order valence-electron chi connectivity index (χ4n) is 1.34. The van der Waals surface area contributed by atoms with E-state index in [4.69, 9.17) is 18.0 Å². The van der Waals surface area contributed by atoms with Gasteiger partial charge in [0.2, 0.25) is 0 Å². The smallest absolute Gasteiger partial charge is 0.491 e. The first-order valence-electron chi connectivity index (χ1n) is 5.05. The summed E-state index contributed by atoms with van der Waals surface area (Å²) in [4.78, 5) is 0. The lowest BCUT2D eigenvalue weighted by Gasteiger charge is -2.32. The average molecular weight is 234 g/mol. The van der Waals surface area contributed by atoms with E-state index in [0.717, 1.165) is 12.2 Å². The summed E-state index contributed by atoms with van der Waals surface area (Å²) < 4.78 is 21.9. The molecule has 1 atom stereocenters. The molecule has 0 bridgehead atoms. The third kappa shape index (κ3) is 3.60. The highest BCUT2D eigenvalue weighted by Gasteiger charge is 2.48. The lowest BCUT2D eigenvalue weighted by Crippen LogP contribution is -2.55. The summed E-state index contributed by atoms with van der Waals surface area (Å²) in [5, 5.41) is 0. The summed E-state index contributed by atoms with van der Waals surface area (Å²) in [5.41, 5.74) is -0.159. The fourth-order valence-corrected chi connectivity index (χ4v) is 3.46. The summed E-state index contributed by atoms with van der Waals surface area (Å²) in [6, 6.07) is 0. The monoisotopic (exact) mass is 234 g/mol. The molecule has 0 radical (unpaired) electrons. The van der Waals surface area contributed by atoms with Gasteiger partial charge in [-0.05, 0) is 20.3 Å². The van der Waals surface area contributed by atoms with Crippen LogP contribution in [0.25, 0.3) is 0 Å². The Hall–Kier alpha value is -0.363. The molecule has 0 aliphatic rings. The maximum absolute atomic E-state index is 5.73. The van der Waals surface area contributed by atoms with Crippen molar-refractivity contribution in [2.45, 2.75) is 32.9 Å². The molecule has 0 fully saturated rings. The Morgan fingerprint density at radius 3 is 1.93 bits per heavy atom. The van der Waals surface area contributed by atoms with E-state index < -0.39 is 8.80 Å². The van der Waals surface area contributed by atoms with Crippen LogP contribution < -0.4 is 0 Å². The maximum Gasteiger partial charge on any atom is 0.543 e. The van der Waals surface area contributed by atoms with Crippen LogP contribution in [0.15, 0.2) is 11.8 Å². The molecule has 0 N–H and O–H groups in total. The molecule has 0 aromatic rings. The average Bonchev–Trinajstić information content (AvgIpc) is 2.29. The van der Waals surface area contributed by atoms with Gasteiger partial charge in [-0.2, -0.15) is 0 Å². The quantitative estimate of drug-likeness (QED) is 0.499. The zero-order valence-corrected chi connectivity index (χ0v) is 11.5. The van der Waals surface area contributed by atoms with Crippen molar-refractivity contribution < 1.29 is 18.0 Å². The van der Waals surface area contributed by atoms with E-state index in [1.54, 1.807) is 21.3 Å². The lowest BCUT2D eigenvalue weighted by molar-refractivity contribution is 0.0404. The van der Waals surface area contributed by atoms with E-state index in [1.165, 1.54) is 0 Å². The van der Waals surface area contributed by atoms with Gasteiger partial charge in [-0.3, -0.25) is 0 Å². The first kappa shape index (κ1) is 14.6. The van der Waals surface area contributed by atoms with E-state index in [-0.39, 0.29) is 5.73 Å². The summed E-state index contributed by atoms with van der Waals surface area (Å²) >= 11 is 0. The fraction of sp³-hybridized carbons (Fsp3) is 0.800. The zero-order valence-electron chi connectivity index (χ0n) is 10.5. The van der Waals surface area contributed by atoms with Gasteiger partial charge in [-0.25, -0.2) is 0 Å². The second kappa shape index (κ2) is 7.00. The first-order valence-corrected chi connectivity index (χ1v) is 6.85. The van der Waals surface area contributed by atoms with Crippen LogP contribution >= 0.6 is 0 Å². The molecule has 0 aliphatic carbocycles. The Morgan fingerprint density at radius 2 is 1.67 bits per heavy atom. The van der Waals surface area contributed by atoms with Gasteiger partial charge in [0.25, 0.3) is 0 Å². The van der Waals surface area contributed by atoms with Gasteiger partial charge in [0.15, 0.2) is 5.73 Å². The summed E-state index contributed by atoms with van der Waals surface area (Å²) in [5.74, 6) is 0.852. The van der Waals surface area contributed by atoms with Crippen molar-refractivity contribution in [3.63, 3.8) is 0 Å². The Balaban J connectivity index is 4.74. The SMILES string of the molecule is C/C=C(/C)OC(CC)[Si](OC)(OC)OC. The minimum absolute atomic E-state index is 0.159. The Kier molecular flexibility index (Phi) is 6.83. The topological polar surface area (TPSA) is 36.9 Å². The highest BCUT2D eigenvalue weighted by Crippen LogP contribution is 2.20. The summed E-state index contributed by atoms with van der Waals surface area (Å²) in [6.07, 6.45) is 2.69. The van der Waals surface area contributed by atoms with Gasteiger partial charge in [0.1, 0.15) is 0 Å². The maximum atomic E-state index is 5.73. The molecule has 0 amide bonds. The van der Waals surface area contributed by atoms with Crippen LogP contribution in [0.5, 0.6) is 0 Å². The van der Waals surface area contributed by atoms with Crippen molar-refractivity contribution in [3.8, 4) is 0 Å². The number of hydrogen-bond donors (Lipinski definition) is 0. The number of allylic oxidation sites excluding steroid dienone is 2. The van der Waals surface area contributed by atoms with Crippen molar-refractivity contribution >= 4 is 8.80 Å². The molecule has 5 heteroatoms. The predicted octanol–water partition coefficient (Wildman–Crippen LogP) is 2.12. The molecule has 0 aliphatic heterocycles. The van der Waals surface area contributed by atoms with Crippen LogP contribution in [0, 0.1) is 0 Å². The molecule has 0 saturated carbocycles. The zero-order chi connectivity index (χ0) is 11.9. The van der Waals surface area contributed by atoms with Crippen molar-refractivity contribution in [3.05, 3.63) is 11.8 Å². The molecule has 1 unspecified atom stereocenters. The third-order valence-corrected chi connectivity index (χ3v) is 5.38. The number of hydrogen-bond acceptors (Lipinski definition) is 4. The molecule has 90 valence electrons. The van der Waals surface area contributed by atoms with E-state index in [2.05, 4.69) is 0 Å². The molecule has 0 saturated heterocycles. The molecular formula is C10H22O4Si. The van der Waals surface area contributed by atoms with E-state index in [9.17, 15) is 0 Å². The van der Waals surface area contributed by atoms with Crippen molar-refractivity contribution in [2.75, 3.05) is 21.3 Å². The second-order valence-corrected chi connectivity index (χ2v) is 6.21. The largest absolute Gasteiger partial charge is 0.543 e. The highest BCUT2D eigenvalue weighted by molar-refractivity contribution is 6.62. The van der Waals surface area contributed by atoms with Gasteiger partial charge >= 0.3 is 8.80 Å². The second-order valence-electron chi connectivity index (χ2n) is 3.13. The molecule has 15 heavy (non-hydrogen) atoms. The summed E-state index contributed by atoms with van der Waals surface area (Å²) in [6.45, 7) is 5.85. The van der Waals surface area contributed by atoms with Gasteiger partial charge in [0, 0.05) is 21.3 Å². The van der Waals surface area contributed by atoms with E-state index in [0.29, 0.717) is 0 Å². The van der Waals surface area contributed by atoms with E-state index in [1.807, 2.05) is 26.8 Å². The van der Waals surface area contributed by atoms with Crippen LogP contribution in [0.2, 0.25) is 0 Å². The van der Waals surface area contributed by atoms with Crippen LogP contribution in [-0.4, -0.2) is 35.9 Å². The molecule has 4 nitrogen and oxygen atoms in total. The van der Waals surface area contributed by atoms with Crippen LogP contribution in [0.1, 0.15) is 27.2 Å². The van der Waals surface area contributed by atoms with Gasteiger partial charge in [-0.15, -0.1) is 0 Å². The highest BCUT2D eigenvalue weighted by atomic mass is 28.4. The molecule has 0 spiro atoms.